The molecule has 90 valence electrons. The van der Waals surface area contributed by atoms with Crippen LogP contribution in [0.2, 0.25) is 0 Å². The Kier molecular flexibility index (Phi) is 4.22. The lowest BCUT2D eigenvalue weighted by Crippen LogP contribution is -2.28. The summed E-state index contributed by atoms with van der Waals surface area (Å²) in [6.07, 6.45) is 7.84. The molecule has 1 fully saturated rings. The van der Waals surface area contributed by atoms with E-state index in [9.17, 15) is 5.11 Å². The van der Waals surface area contributed by atoms with E-state index in [0.717, 1.165) is 25.7 Å². The summed E-state index contributed by atoms with van der Waals surface area (Å²) in [6.45, 7) is 9.15. The summed E-state index contributed by atoms with van der Waals surface area (Å²) < 4.78 is 0. The number of rotatable bonds is 3. The highest BCUT2D eigenvalue weighted by atomic mass is 16.3. The molecule has 0 bridgehead atoms. The normalized spacial score (nSPS) is 31.6. The van der Waals surface area contributed by atoms with Gasteiger partial charge in [0.2, 0.25) is 0 Å². The van der Waals surface area contributed by atoms with Crippen LogP contribution in [0.3, 0.4) is 0 Å². The number of hydrogen-bond donors (Lipinski definition) is 1. The molecule has 0 spiro atoms. The fourth-order valence-electron chi connectivity index (χ4n) is 2.52. The minimum absolute atomic E-state index is 0.349. The third kappa shape index (κ3) is 4.55. The van der Waals surface area contributed by atoms with E-state index in [0.29, 0.717) is 11.3 Å². The molecule has 0 amide bonds. The maximum absolute atomic E-state index is 10.5. The van der Waals surface area contributed by atoms with Crippen LogP contribution in [0.25, 0.3) is 0 Å². The smallest absolute Gasteiger partial charge is 0.0648 e. The van der Waals surface area contributed by atoms with Gasteiger partial charge in [-0.15, -0.1) is 0 Å². The molecule has 0 aromatic heterocycles. The van der Waals surface area contributed by atoms with Crippen LogP contribution in [-0.4, -0.2) is 10.7 Å². The molecule has 1 N–H and O–H groups in total. The van der Waals surface area contributed by atoms with E-state index in [4.69, 9.17) is 0 Å². The molecule has 1 atom stereocenters. The first-order valence-electron chi connectivity index (χ1n) is 6.55. The summed E-state index contributed by atoms with van der Waals surface area (Å²) in [5.41, 5.74) is 0.0976. The Morgan fingerprint density at radius 2 is 1.73 bits per heavy atom. The topological polar surface area (TPSA) is 20.2 Å². The molecule has 1 rings (SSSR count). The lowest BCUT2D eigenvalue weighted by molar-refractivity contribution is 0.00923. The first-order valence-corrected chi connectivity index (χ1v) is 6.55. The van der Waals surface area contributed by atoms with Crippen molar-refractivity contribution in [2.75, 3.05) is 0 Å². The Bertz CT molecular complexity index is 196. The van der Waals surface area contributed by atoms with Crippen LogP contribution in [0.5, 0.6) is 0 Å². The van der Waals surface area contributed by atoms with Crippen molar-refractivity contribution in [3.63, 3.8) is 0 Å². The van der Waals surface area contributed by atoms with Gasteiger partial charge in [-0.3, -0.25) is 0 Å². The van der Waals surface area contributed by atoms with Crippen molar-refractivity contribution < 1.29 is 5.11 Å². The van der Waals surface area contributed by atoms with Gasteiger partial charge in [-0.25, -0.2) is 0 Å². The molecule has 0 saturated heterocycles. The van der Waals surface area contributed by atoms with Crippen molar-refractivity contribution in [3.05, 3.63) is 0 Å². The van der Waals surface area contributed by atoms with Crippen LogP contribution in [-0.2, 0) is 0 Å². The van der Waals surface area contributed by atoms with Gasteiger partial charge in [-0.05, 0) is 49.9 Å². The average molecular weight is 212 g/mol. The molecule has 0 aromatic rings. The minimum atomic E-state index is -0.349. The summed E-state index contributed by atoms with van der Waals surface area (Å²) in [5.74, 6) is 0.713. The second-order valence-electron chi connectivity index (χ2n) is 6.67. The van der Waals surface area contributed by atoms with Gasteiger partial charge in [0, 0.05) is 0 Å². The van der Waals surface area contributed by atoms with Gasteiger partial charge in [-0.1, -0.05) is 34.1 Å². The highest BCUT2D eigenvalue weighted by molar-refractivity contribution is 4.86. The SMILES string of the molecule is CC(C)CCC1(O)CCCC(C)(C)CC1. The van der Waals surface area contributed by atoms with Crippen LogP contribution < -0.4 is 0 Å². The van der Waals surface area contributed by atoms with Crippen LogP contribution in [0.4, 0.5) is 0 Å². The molecule has 1 nitrogen and oxygen atoms in total. The molecule has 0 radical (unpaired) electrons. The van der Waals surface area contributed by atoms with Crippen molar-refractivity contribution in [1.29, 1.82) is 0 Å². The summed E-state index contributed by atoms with van der Waals surface area (Å²) in [4.78, 5) is 0. The molecule has 1 aliphatic rings. The molecule has 0 aliphatic heterocycles. The Morgan fingerprint density at radius 1 is 1.07 bits per heavy atom. The largest absolute Gasteiger partial charge is 0.390 e. The highest BCUT2D eigenvalue weighted by Crippen LogP contribution is 2.40. The summed E-state index contributed by atoms with van der Waals surface area (Å²) in [6, 6.07) is 0. The van der Waals surface area contributed by atoms with Gasteiger partial charge in [-0.2, -0.15) is 0 Å². The third-order valence-corrected chi connectivity index (χ3v) is 3.95. The molecule has 1 heteroatoms. The predicted molar refractivity (Wildman–Crippen MR) is 65.9 cm³/mol. The van der Waals surface area contributed by atoms with Crippen LogP contribution >= 0.6 is 0 Å². The van der Waals surface area contributed by atoms with Crippen molar-refractivity contribution >= 4 is 0 Å². The van der Waals surface area contributed by atoms with Crippen LogP contribution in [0.15, 0.2) is 0 Å². The first kappa shape index (κ1) is 13.0. The van der Waals surface area contributed by atoms with Crippen molar-refractivity contribution in [1.82, 2.24) is 0 Å². The number of aliphatic hydroxyl groups is 1. The van der Waals surface area contributed by atoms with Crippen molar-refractivity contribution in [3.8, 4) is 0 Å². The lowest BCUT2D eigenvalue weighted by Gasteiger charge is -2.28. The van der Waals surface area contributed by atoms with Gasteiger partial charge in [0.05, 0.1) is 5.60 Å². The lowest BCUT2D eigenvalue weighted by atomic mass is 9.83. The fraction of sp³-hybridized carbons (Fsp3) is 1.00. The van der Waals surface area contributed by atoms with Crippen LogP contribution in [0, 0.1) is 11.3 Å². The summed E-state index contributed by atoms with van der Waals surface area (Å²) >= 11 is 0. The van der Waals surface area contributed by atoms with Crippen molar-refractivity contribution in [2.45, 2.75) is 78.2 Å². The average Bonchev–Trinajstić information content (AvgIpc) is 2.24. The second kappa shape index (κ2) is 4.86. The second-order valence-corrected chi connectivity index (χ2v) is 6.67. The maximum atomic E-state index is 10.5. The minimum Gasteiger partial charge on any atom is -0.390 e. The van der Waals surface area contributed by atoms with E-state index in [1.807, 2.05) is 0 Å². The molecule has 0 aromatic carbocycles. The van der Waals surface area contributed by atoms with E-state index in [2.05, 4.69) is 27.7 Å². The van der Waals surface area contributed by atoms with E-state index >= 15 is 0 Å². The van der Waals surface area contributed by atoms with E-state index in [1.165, 1.54) is 19.3 Å². The van der Waals surface area contributed by atoms with Gasteiger partial charge in [0.1, 0.15) is 0 Å². The predicted octanol–water partition coefficient (Wildman–Crippen LogP) is 4.14. The molecule has 1 saturated carbocycles. The molecule has 0 heterocycles. The quantitative estimate of drug-likeness (QED) is 0.697. The first-order chi connectivity index (χ1) is 6.83. The van der Waals surface area contributed by atoms with E-state index in [1.54, 1.807) is 0 Å². The maximum Gasteiger partial charge on any atom is 0.0648 e. The van der Waals surface area contributed by atoms with E-state index in [-0.39, 0.29) is 5.60 Å². The van der Waals surface area contributed by atoms with Crippen LogP contribution in [0.1, 0.15) is 72.6 Å². The third-order valence-electron chi connectivity index (χ3n) is 3.95. The van der Waals surface area contributed by atoms with Gasteiger partial charge in [0.15, 0.2) is 0 Å². The number of hydrogen-bond acceptors (Lipinski definition) is 1. The van der Waals surface area contributed by atoms with E-state index < -0.39 is 0 Å². The monoisotopic (exact) mass is 212 g/mol. The standard InChI is InChI=1S/C14H28O/c1-12(2)6-9-14(15)8-5-7-13(3,4)10-11-14/h12,15H,5-11H2,1-4H3. The summed E-state index contributed by atoms with van der Waals surface area (Å²) in [7, 11) is 0. The highest BCUT2D eigenvalue weighted by Gasteiger charge is 2.33. The molecular weight excluding hydrogens is 184 g/mol. The Labute approximate surface area is 95.3 Å². The fourth-order valence-corrected chi connectivity index (χ4v) is 2.52. The van der Waals surface area contributed by atoms with Gasteiger partial charge < -0.3 is 5.11 Å². The van der Waals surface area contributed by atoms with Crippen molar-refractivity contribution in [2.24, 2.45) is 11.3 Å². The molecular formula is C14H28O. The molecule has 1 unspecified atom stereocenters. The molecule has 1 aliphatic carbocycles. The summed E-state index contributed by atoms with van der Waals surface area (Å²) in [5, 5.41) is 10.5. The Hall–Kier alpha value is -0.0400. The Balaban J connectivity index is 2.47. The van der Waals surface area contributed by atoms with Gasteiger partial charge >= 0.3 is 0 Å². The van der Waals surface area contributed by atoms with Gasteiger partial charge in [0.25, 0.3) is 0 Å². The molecule has 15 heavy (non-hydrogen) atoms. The zero-order valence-corrected chi connectivity index (χ0v) is 11.0. The zero-order chi connectivity index (χ0) is 11.5. The zero-order valence-electron chi connectivity index (χ0n) is 11.0. The Morgan fingerprint density at radius 3 is 2.33 bits per heavy atom.